The van der Waals surface area contributed by atoms with Crippen molar-refractivity contribution in [2.24, 2.45) is 0 Å². The van der Waals surface area contributed by atoms with E-state index in [1.807, 2.05) is 5.10 Å². The van der Waals surface area contributed by atoms with E-state index in [0.29, 0.717) is 10.6 Å². The summed E-state index contributed by atoms with van der Waals surface area (Å²) in [7, 11) is 0. The van der Waals surface area contributed by atoms with Gasteiger partial charge < -0.3 is 5.32 Å². The molecular formula is C20H15ClF3N3O2. The quantitative estimate of drug-likeness (QED) is 0.527. The molecule has 9 heteroatoms. The van der Waals surface area contributed by atoms with Crippen LogP contribution >= 0.6 is 11.6 Å². The fraction of sp³-hybridized carbons (Fsp3) is 0.150. The molecule has 5 nitrogen and oxygen atoms in total. The number of ketones is 1. The number of halogens is 4. The van der Waals surface area contributed by atoms with Crippen molar-refractivity contribution in [3.8, 4) is 11.1 Å². The van der Waals surface area contributed by atoms with Gasteiger partial charge in [-0.2, -0.15) is 18.3 Å². The van der Waals surface area contributed by atoms with Gasteiger partial charge in [0.2, 0.25) is 5.91 Å². The fourth-order valence-corrected chi connectivity index (χ4v) is 2.85. The van der Waals surface area contributed by atoms with E-state index in [2.05, 4.69) is 10.4 Å². The molecule has 3 aromatic rings. The molecule has 0 aliphatic carbocycles. The first kappa shape index (κ1) is 20.6. The number of amides is 1. The number of nitrogens with one attached hydrogen (secondary N) is 2. The molecule has 0 radical (unpaired) electrons. The minimum atomic E-state index is -4.67. The highest BCUT2D eigenvalue weighted by Crippen LogP contribution is 2.39. The second kappa shape index (κ2) is 8.48. The van der Waals surface area contributed by atoms with Crippen LogP contribution in [-0.4, -0.2) is 21.9 Å². The van der Waals surface area contributed by atoms with E-state index >= 15 is 0 Å². The molecule has 0 spiro atoms. The lowest BCUT2D eigenvalue weighted by molar-refractivity contribution is -0.140. The van der Waals surface area contributed by atoms with E-state index in [1.54, 1.807) is 42.5 Å². The molecule has 0 unspecified atom stereocenters. The lowest BCUT2D eigenvalue weighted by Gasteiger charge is -2.09. The molecule has 0 bridgehead atoms. The number of H-pyrrole nitrogens is 1. The van der Waals surface area contributed by atoms with Gasteiger partial charge in [0, 0.05) is 23.4 Å². The molecule has 1 heterocycles. The van der Waals surface area contributed by atoms with Crippen molar-refractivity contribution in [2.45, 2.75) is 19.0 Å². The van der Waals surface area contributed by atoms with Gasteiger partial charge in [0.1, 0.15) is 5.69 Å². The second-order valence-electron chi connectivity index (χ2n) is 6.16. The highest BCUT2D eigenvalue weighted by molar-refractivity contribution is 6.30. The first-order chi connectivity index (χ1) is 13.8. The maximum atomic E-state index is 13.3. The van der Waals surface area contributed by atoms with Crippen LogP contribution < -0.4 is 5.32 Å². The van der Waals surface area contributed by atoms with Crippen molar-refractivity contribution in [1.82, 2.24) is 10.2 Å². The molecule has 29 heavy (non-hydrogen) atoms. The standard InChI is InChI=1S/C20H15ClF3N3O2/c21-14-8-6-12(7-9-14)15(28)10-11-16(29)25-19-17(13-4-2-1-3-5-13)18(26-27-19)20(22,23)24/h1-9H,10-11H2,(H2,25,26,27,29). The third-order valence-corrected chi connectivity index (χ3v) is 4.37. The Kier molecular flexibility index (Phi) is 6.03. The second-order valence-corrected chi connectivity index (χ2v) is 6.60. The average molecular weight is 422 g/mol. The first-order valence-corrected chi connectivity index (χ1v) is 8.93. The summed E-state index contributed by atoms with van der Waals surface area (Å²) in [5.74, 6) is -1.14. The Hall–Kier alpha value is -3.13. The molecule has 0 saturated heterocycles. The predicted octanol–water partition coefficient (Wildman–Crippen LogP) is 5.35. The van der Waals surface area contributed by atoms with Crippen LogP contribution in [0.25, 0.3) is 11.1 Å². The number of alkyl halides is 3. The van der Waals surface area contributed by atoms with Gasteiger partial charge in [-0.05, 0) is 29.8 Å². The van der Waals surface area contributed by atoms with Crippen molar-refractivity contribution < 1.29 is 22.8 Å². The third kappa shape index (κ3) is 5.03. The largest absolute Gasteiger partial charge is 0.433 e. The van der Waals surface area contributed by atoms with E-state index in [9.17, 15) is 22.8 Å². The highest BCUT2D eigenvalue weighted by Gasteiger charge is 2.38. The summed E-state index contributed by atoms with van der Waals surface area (Å²) >= 11 is 5.77. The predicted molar refractivity (Wildman–Crippen MR) is 103 cm³/mol. The number of aromatic amines is 1. The van der Waals surface area contributed by atoms with E-state index in [4.69, 9.17) is 11.6 Å². The molecule has 2 aromatic carbocycles. The molecule has 2 N–H and O–H groups in total. The summed E-state index contributed by atoms with van der Waals surface area (Å²) in [6.07, 6.45) is -4.99. The van der Waals surface area contributed by atoms with Gasteiger partial charge in [0.25, 0.3) is 0 Å². The van der Waals surface area contributed by atoms with Gasteiger partial charge in [-0.25, -0.2) is 0 Å². The zero-order chi connectivity index (χ0) is 21.0. The zero-order valence-electron chi connectivity index (χ0n) is 14.9. The SMILES string of the molecule is O=C(CCC(=O)c1ccc(Cl)cc1)Nc1n[nH]c(C(F)(F)F)c1-c1ccccc1. The summed E-state index contributed by atoms with van der Waals surface area (Å²) in [6, 6.07) is 14.0. The summed E-state index contributed by atoms with van der Waals surface area (Å²) in [4.78, 5) is 24.4. The van der Waals surface area contributed by atoms with Crippen molar-refractivity contribution in [1.29, 1.82) is 0 Å². The van der Waals surface area contributed by atoms with E-state index in [0.717, 1.165) is 0 Å². The lowest BCUT2D eigenvalue weighted by Crippen LogP contribution is -2.14. The average Bonchev–Trinajstić information content (AvgIpc) is 3.11. The number of hydrogen-bond acceptors (Lipinski definition) is 3. The number of anilines is 1. The Balaban J connectivity index is 1.74. The van der Waals surface area contributed by atoms with Crippen LogP contribution in [0.1, 0.15) is 28.9 Å². The number of Topliss-reactive ketones (excluding diaryl/α,β-unsaturated/α-hetero) is 1. The highest BCUT2D eigenvalue weighted by atomic mass is 35.5. The van der Waals surface area contributed by atoms with Crippen LogP contribution in [0.2, 0.25) is 5.02 Å². The molecular weight excluding hydrogens is 407 g/mol. The Morgan fingerprint density at radius 1 is 1.00 bits per heavy atom. The fourth-order valence-electron chi connectivity index (χ4n) is 2.73. The molecule has 3 rings (SSSR count). The van der Waals surface area contributed by atoms with Crippen LogP contribution in [0.5, 0.6) is 0 Å². The minimum absolute atomic E-state index is 0.106. The van der Waals surface area contributed by atoms with Crippen molar-refractivity contribution in [3.63, 3.8) is 0 Å². The van der Waals surface area contributed by atoms with Crippen molar-refractivity contribution in [2.75, 3.05) is 5.32 Å². The zero-order valence-corrected chi connectivity index (χ0v) is 15.6. The molecule has 1 amide bonds. The lowest BCUT2D eigenvalue weighted by atomic mass is 10.0. The molecule has 0 aliphatic rings. The van der Waals surface area contributed by atoms with Crippen molar-refractivity contribution in [3.05, 3.63) is 70.9 Å². The van der Waals surface area contributed by atoms with Gasteiger partial charge in [0.15, 0.2) is 11.6 Å². The van der Waals surface area contributed by atoms with Gasteiger partial charge in [-0.3, -0.25) is 14.7 Å². The van der Waals surface area contributed by atoms with Gasteiger partial charge in [-0.15, -0.1) is 0 Å². The summed E-state index contributed by atoms with van der Waals surface area (Å²) in [5.41, 5.74) is -0.667. The number of carbonyl (C=O) groups is 2. The maximum absolute atomic E-state index is 13.3. The van der Waals surface area contributed by atoms with Gasteiger partial charge in [0.05, 0.1) is 5.56 Å². The van der Waals surface area contributed by atoms with Crippen LogP contribution in [0.3, 0.4) is 0 Å². The first-order valence-electron chi connectivity index (χ1n) is 8.55. The topological polar surface area (TPSA) is 74.8 Å². The van der Waals surface area contributed by atoms with Crippen LogP contribution in [0, 0.1) is 0 Å². The Labute approximate surface area is 168 Å². The van der Waals surface area contributed by atoms with E-state index in [1.165, 1.54) is 12.1 Å². The number of benzene rings is 2. The van der Waals surface area contributed by atoms with E-state index in [-0.39, 0.29) is 35.6 Å². The summed E-state index contributed by atoms with van der Waals surface area (Å²) in [6.45, 7) is 0. The number of hydrogen-bond donors (Lipinski definition) is 2. The number of rotatable bonds is 6. The monoisotopic (exact) mass is 421 g/mol. The smallest absolute Gasteiger partial charge is 0.309 e. The Morgan fingerprint density at radius 3 is 2.28 bits per heavy atom. The molecule has 150 valence electrons. The van der Waals surface area contributed by atoms with Crippen LogP contribution in [0.4, 0.5) is 19.0 Å². The summed E-state index contributed by atoms with van der Waals surface area (Å²) < 4.78 is 40.0. The van der Waals surface area contributed by atoms with Crippen molar-refractivity contribution >= 4 is 29.1 Å². The molecule has 0 saturated carbocycles. The molecule has 0 atom stereocenters. The maximum Gasteiger partial charge on any atom is 0.433 e. The molecule has 0 aliphatic heterocycles. The minimum Gasteiger partial charge on any atom is -0.309 e. The number of nitrogens with zero attached hydrogens (tertiary/aromatic N) is 1. The number of aromatic nitrogens is 2. The van der Waals surface area contributed by atoms with Gasteiger partial charge in [-0.1, -0.05) is 41.9 Å². The van der Waals surface area contributed by atoms with E-state index < -0.39 is 17.8 Å². The summed E-state index contributed by atoms with van der Waals surface area (Å²) in [5, 5.41) is 8.40. The Morgan fingerprint density at radius 2 is 1.66 bits per heavy atom. The van der Waals surface area contributed by atoms with Crippen LogP contribution in [0.15, 0.2) is 54.6 Å². The normalized spacial score (nSPS) is 11.3. The molecule has 1 aromatic heterocycles. The van der Waals surface area contributed by atoms with Gasteiger partial charge >= 0.3 is 6.18 Å². The molecule has 0 fully saturated rings. The third-order valence-electron chi connectivity index (χ3n) is 4.12. The van der Waals surface area contributed by atoms with Crippen LogP contribution in [-0.2, 0) is 11.0 Å². The number of carbonyl (C=O) groups excluding carboxylic acids is 2. The Bertz CT molecular complexity index is 1020.